The average Bonchev–Trinajstić information content (AvgIpc) is 3.31. The molecule has 6 nitrogen and oxygen atoms in total. The van der Waals surface area contributed by atoms with E-state index in [4.69, 9.17) is 4.74 Å². The summed E-state index contributed by atoms with van der Waals surface area (Å²) >= 11 is 1.23. The zero-order valence-corrected chi connectivity index (χ0v) is 16.7. The quantitative estimate of drug-likeness (QED) is 0.473. The van der Waals surface area contributed by atoms with E-state index in [9.17, 15) is 9.90 Å². The predicted octanol–water partition coefficient (Wildman–Crippen LogP) is 4.73. The van der Waals surface area contributed by atoms with Gasteiger partial charge in [0.05, 0.1) is 11.4 Å². The minimum atomic E-state index is -1.13. The monoisotopic (exact) mass is 413 g/mol. The molecule has 2 N–H and O–H groups in total. The van der Waals surface area contributed by atoms with Gasteiger partial charge in [0, 0.05) is 16.5 Å². The van der Waals surface area contributed by atoms with Gasteiger partial charge in [-0.3, -0.25) is 4.79 Å². The van der Waals surface area contributed by atoms with Gasteiger partial charge in [0.15, 0.2) is 0 Å². The number of ether oxygens (including phenoxy) is 1. The van der Waals surface area contributed by atoms with Gasteiger partial charge in [-0.25, -0.2) is 9.98 Å². The summed E-state index contributed by atoms with van der Waals surface area (Å²) < 4.78 is 5.89. The number of thiazole rings is 1. The third-order valence-electron chi connectivity index (χ3n) is 5.43. The van der Waals surface area contributed by atoms with Crippen LogP contribution in [0.3, 0.4) is 0 Å². The van der Waals surface area contributed by atoms with Crippen molar-refractivity contribution in [1.29, 1.82) is 0 Å². The molecule has 7 heteroatoms. The molecular formula is C23H15N3O3S. The summed E-state index contributed by atoms with van der Waals surface area (Å²) in [6.45, 7) is 2.04. The zero-order chi connectivity index (χ0) is 20.4. The number of para-hydroxylation sites is 1. The summed E-state index contributed by atoms with van der Waals surface area (Å²) in [5, 5.41) is 15.9. The predicted molar refractivity (Wildman–Crippen MR) is 117 cm³/mol. The molecule has 2 aliphatic heterocycles. The number of hydrogen-bond acceptors (Lipinski definition) is 6. The number of aliphatic hydroxyl groups excluding tert-OH is 1. The number of hydrogen-bond donors (Lipinski definition) is 2. The molecule has 0 saturated heterocycles. The molecule has 0 fully saturated rings. The maximum absolute atomic E-state index is 12.4. The Balaban J connectivity index is 1.51. The van der Waals surface area contributed by atoms with E-state index in [2.05, 4.69) is 15.3 Å². The van der Waals surface area contributed by atoms with E-state index in [0.717, 1.165) is 33.2 Å². The molecular weight excluding hydrogens is 398 g/mol. The Morgan fingerprint density at radius 1 is 1.07 bits per heavy atom. The Hall–Kier alpha value is -3.55. The molecule has 0 bridgehead atoms. The number of aryl methyl sites for hydroxylation is 1. The standard InChI is InChI=1S/C23H15N3O3S/c1-11-5-4-7-13-12(11)9-10-15-17-20(22(28)29-19(13)15)30-23(25-17)26-18-14-6-2-3-8-16(14)24-21(18)27/h2-10,22,28H,1H3,(H,24,25,26,27). The number of anilines is 1. The van der Waals surface area contributed by atoms with Gasteiger partial charge >= 0.3 is 0 Å². The van der Waals surface area contributed by atoms with Crippen LogP contribution in [0.4, 0.5) is 10.8 Å². The van der Waals surface area contributed by atoms with E-state index in [1.807, 2.05) is 61.5 Å². The molecule has 1 aromatic heterocycles. The van der Waals surface area contributed by atoms with Crippen LogP contribution in [0.15, 0.2) is 59.6 Å². The molecule has 4 aromatic rings. The molecule has 6 rings (SSSR count). The first kappa shape index (κ1) is 17.3. The number of aliphatic hydroxyl groups is 1. The van der Waals surface area contributed by atoms with Crippen molar-refractivity contribution in [2.24, 2.45) is 4.99 Å². The first-order valence-corrected chi connectivity index (χ1v) is 10.3. The number of carbonyl (C=O) groups excluding carboxylic acids is 1. The topological polar surface area (TPSA) is 83.8 Å². The van der Waals surface area contributed by atoms with Crippen molar-refractivity contribution >= 4 is 44.5 Å². The highest BCUT2D eigenvalue weighted by molar-refractivity contribution is 7.16. The van der Waals surface area contributed by atoms with Crippen LogP contribution in [-0.2, 0) is 4.79 Å². The second kappa shape index (κ2) is 6.22. The van der Waals surface area contributed by atoms with Crippen molar-refractivity contribution in [3.8, 4) is 17.0 Å². The summed E-state index contributed by atoms with van der Waals surface area (Å²) in [5.41, 5.74) is 4.39. The van der Waals surface area contributed by atoms with Crippen LogP contribution in [0, 0.1) is 6.92 Å². The summed E-state index contributed by atoms with van der Waals surface area (Å²) in [7, 11) is 0. The lowest BCUT2D eigenvalue weighted by atomic mass is 9.98. The van der Waals surface area contributed by atoms with Crippen molar-refractivity contribution in [2.45, 2.75) is 13.2 Å². The first-order valence-electron chi connectivity index (χ1n) is 9.48. The summed E-state index contributed by atoms with van der Waals surface area (Å²) in [5.74, 6) is 0.354. The van der Waals surface area contributed by atoms with Crippen molar-refractivity contribution in [3.05, 3.63) is 70.6 Å². The van der Waals surface area contributed by atoms with E-state index in [-0.39, 0.29) is 5.91 Å². The Bertz CT molecular complexity index is 1410. The van der Waals surface area contributed by atoms with Gasteiger partial charge in [0.25, 0.3) is 5.91 Å². The number of amides is 1. The van der Waals surface area contributed by atoms with E-state index < -0.39 is 6.29 Å². The number of nitrogens with one attached hydrogen (secondary N) is 1. The van der Waals surface area contributed by atoms with Crippen LogP contribution >= 0.6 is 11.3 Å². The van der Waals surface area contributed by atoms with Crippen LogP contribution < -0.4 is 10.1 Å². The van der Waals surface area contributed by atoms with Crippen molar-refractivity contribution in [1.82, 2.24) is 4.98 Å². The van der Waals surface area contributed by atoms with Gasteiger partial charge < -0.3 is 15.2 Å². The highest BCUT2D eigenvalue weighted by atomic mass is 32.1. The van der Waals surface area contributed by atoms with Crippen molar-refractivity contribution in [2.75, 3.05) is 5.32 Å². The summed E-state index contributed by atoms with van der Waals surface area (Å²) in [4.78, 5) is 22.1. The van der Waals surface area contributed by atoms with Crippen molar-refractivity contribution in [3.63, 3.8) is 0 Å². The minimum Gasteiger partial charge on any atom is -0.458 e. The Kier molecular flexibility index (Phi) is 3.59. The van der Waals surface area contributed by atoms with Crippen LogP contribution in [0.25, 0.3) is 22.0 Å². The SMILES string of the molecule is Cc1cccc2c3c(ccc12)-c1nc(/N=C2\C(=O)Nc4ccccc42)sc1C(O)O3. The number of nitrogens with zero attached hydrogens (tertiary/aromatic N) is 2. The molecule has 0 saturated carbocycles. The molecule has 0 aliphatic carbocycles. The molecule has 3 heterocycles. The summed E-state index contributed by atoms with van der Waals surface area (Å²) in [6.07, 6.45) is -1.13. The molecule has 146 valence electrons. The Morgan fingerprint density at radius 2 is 1.93 bits per heavy atom. The second-order valence-electron chi connectivity index (χ2n) is 7.25. The van der Waals surface area contributed by atoms with Gasteiger partial charge in [-0.1, -0.05) is 53.8 Å². The number of aliphatic imine (C=N–C) groups is 1. The molecule has 3 aromatic carbocycles. The lowest BCUT2D eigenvalue weighted by Crippen LogP contribution is -2.13. The minimum absolute atomic E-state index is 0.261. The lowest BCUT2D eigenvalue weighted by Gasteiger charge is -2.23. The van der Waals surface area contributed by atoms with Gasteiger partial charge in [-0.05, 0) is 30.0 Å². The van der Waals surface area contributed by atoms with Gasteiger partial charge in [-0.2, -0.15) is 0 Å². The smallest absolute Gasteiger partial charge is 0.275 e. The largest absolute Gasteiger partial charge is 0.458 e. The molecule has 0 spiro atoms. The second-order valence-corrected chi connectivity index (χ2v) is 8.26. The van der Waals surface area contributed by atoms with Gasteiger partial charge in [-0.15, -0.1) is 0 Å². The van der Waals surface area contributed by atoms with Gasteiger partial charge in [0.2, 0.25) is 11.4 Å². The van der Waals surface area contributed by atoms with E-state index in [1.54, 1.807) is 0 Å². The lowest BCUT2D eigenvalue weighted by molar-refractivity contribution is -0.110. The zero-order valence-electron chi connectivity index (χ0n) is 15.8. The maximum atomic E-state index is 12.4. The van der Waals surface area contributed by atoms with Gasteiger partial charge in [0.1, 0.15) is 16.3 Å². The third-order valence-corrected chi connectivity index (χ3v) is 6.41. The number of rotatable bonds is 1. The molecule has 30 heavy (non-hydrogen) atoms. The number of fused-ring (bicyclic) bond motifs is 6. The Morgan fingerprint density at radius 3 is 2.83 bits per heavy atom. The third kappa shape index (κ3) is 2.43. The fourth-order valence-electron chi connectivity index (χ4n) is 4.00. The maximum Gasteiger partial charge on any atom is 0.275 e. The molecule has 2 aliphatic rings. The molecule has 1 unspecified atom stereocenters. The van der Waals surface area contributed by atoms with Crippen molar-refractivity contribution < 1.29 is 14.6 Å². The fourth-order valence-corrected chi connectivity index (χ4v) is 4.88. The van der Waals surface area contributed by atoms with Crippen LogP contribution in [0.5, 0.6) is 5.75 Å². The van der Waals surface area contributed by atoms with Crippen LogP contribution in [0.2, 0.25) is 0 Å². The average molecular weight is 413 g/mol. The number of aromatic nitrogens is 1. The number of carbonyl (C=O) groups is 1. The normalized spacial score (nSPS) is 18.0. The van der Waals surface area contributed by atoms with Crippen LogP contribution in [0.1, 0.15) is 22.3 Å². The molecule has 0 radical (unpaired) electrons. The first-order chi connectivity index (χ1) is 14.6. The molecule has 1 atom stereocenters. The summed E-state index contributed by atoms with van der Waals surface area (Å²) in [6, 6.07) is 17.4. The highest BCUT2D eigenvalue weighted by Gasteiger charge is 2.31. The highest BCUT2D eigenvalue weighted by Crippen LogP contribution is 2.48. The molecule has 1 amide bonds. The van der Waals surface area contributed by atoms with E-state index in [0.29, 0.717) is 27.2 Å². The van der Waals surface area contributed by atoms with E-state index in [1.165, 1.54) is 11.3 Å². The van der Waals surface area contributed by atoms with Crippen LogP contribution in [-0.4, -0.2) is 21.7 Å². The Labute approximate surface area is 175 Å². The number of benzene rings is 3. The fraction of sp³-hybridized carbons (Fsp3) is 0.0870. The van der Waals surface area contributed by atoms with E-state index >= 15 is 0 Å².